The maximum absolute atomic E-state index is 10.5. The summed E-state index contributed by atoms with van der Waals surface area (Å²) in [5.74, 6) is 0.381. The maximum Gasteiger partial charge on any atom is 0.155 e. The molecule has 0 aliphatic heterocycles. The molecule has 0 aliphatic rings. The lowest BCUT2D eigenvalue weighted by molar-refractivity contribution is -0.115. The van der Waals surface area contributed by atoms with Crippen LogP contribution in [-0.2, 0) is 9.59 Å². The van der Waals surface area contributed by atoms with Gasteiger partial charge in [-0.3, -0.25) is 4.79 Å². The van der Waals surface area contributed by atoms with Gasteiger partial charge in [-0.15, -0.1) is 0 Å². The Morgan fingerprint density at radius 3 is 2.04 bits per heavy atom. The minimum absolute atomic E-state index is 0.167. The SMILES string of the molecule is C/C=C(/C)Sc1ccccc1C.CC(C)=O.CC/C=C\C(=O)CC. The van der Waals surface area contributed by atoms with Gasteiger partial charge in [-0.1, -0.05) is 56.0 Å². The summed E-state index contributed by atoms with van der Waals surface area (Å²) in [4.78, 5) is 22.6. The number of ketones is 2. The van der Waals surface area contributed by atoms with Crippen molar-refractivity contribution in [2.75, 3.05) is 0 Å². The van der Waals surface area contributed by atoms with Gasteiger partial charge < -0.3 is 4.79 Å². The van der Waals surface area contributed by atoms with E-state index in [0.717, 1.165) is 6.42 Å². The Labute approximate surface area is 152 Å². The molecular weight excluding hydrogens is 316 g/mol. The van der Waals surface area contributed by atoms with Crippen LogP contribution in [0, 0.1) is 6.92 Å². The average molecular weight is 349 g/mol. The molecule has 0 unspecified atom stereocenters. The average Bonchev–Trinajstić information content (AvgIpc) is 2.54. The van der Waals surface area contributed by atoms with E-state index in [1.165, 1.54) is 29.2 Å². The molecule has 0 aliphatic carbocycles. The van der Waals surface area contributed by atoms with E-state index < -0.39 is 0 Å². The summed E-state index contributed by atoms with van der Waals surface area (Å²) in [6.07, 6.45) is 7.23. The van der Waals surface area contributed by atoms with Crippen LogP contribution in [0.25, 0.3) is 0 Å². The number of carbonyl (C=O) groups excluding carboxylic acids is 2. The Morgan fingerprint density at radius 2 is 1.62 bits per heavy atom. The van der Waals surface area contributed by atoms with Crippen molar-refractivity contribution in [3.63, 3.8) is 0 Å². The lowest BCUT2D eigenvalue weighted by atomic mass is 10.2. The summed E-state index contributed by atoms with van der Waals surface area (Å²) in [5.41, 5.74) is 1.35. The quantitative estimate of drug-likeness (QED) is 0.447. The topological polar surface area (TPSA) is 34.1 Å². The van der Waals surface area contributed by atoms with Crippen molar-refractivity contribution in [1.29, 1.82) is 0 Å². The third-order valence-electron chi connectivity index (χ3n) is 2.66. The summed E-state index contributed by atoms with van der Waals surface area (Å²) in [7, 11) is 0. The zero-order valence-electron chi connectivity index (χ0n) is 16.2. The number of rotatable bonds is 5. The molecule has 134 valence electrons. The minimum atomic E-state index is 0.167. The molecule has 0 N–H and O–H groups in total. The molecule has 24 heavy (non-hydrogen) atoms. The Bertz CT molecular complexity index is 539. The van der Waals surface area contributed by atoms with Crippen LogP contribution in [0.15, 0.2) is 52.3 Å². The van der Waals surface area contributed by atoms with Crippen molar-refractivity contribution >= 4 is 23.3 Å². The second-order valence-corrected chi connectivity index (χ2v) is 6.59. The molecule has 0 atom stereocenters. The highest BCUT2D eigenvalue weighted by Crippen LogP contribution is 2.28. The summed E-state index contributed by atoms with van der Waals surface area (Å²) < 4.78 is 0. The van der Waals surface area contributed by atoms with Crippen molar-refractivity contribution in [3.8, 4) is 0 Å². The third-order valence-corrected chi connectivity index (χ3v) is 3.89. The lowest BCUT2D eigenvalue weighted by Crippen LogP contribution is -1.85. The second kappa shape index (κ2) is 16.3. The van der Waals surface area contributed by atoms with Crippen molar-refractivity contribution < 1.29 is 9.59 Å². The van der Waals surface area contributed by atoms with Gasteiger partial charge in [0.05, 0.1) is 0 Å². The summed E-state index contributed by atoms with van der Waals surface area (Å²) in [6.45, 7) is 13.3. The minimum Gasteiger partial charge on any atom is -0.300 e. The fourth-order valence-electron chi connectivity index (χ4n) is 1.27. The fraction of sp³-hybridized carbons (Fsp3) is 0.429. The molecule has 0 heterocycles. The monoisotopic (exact) mass is 348 g/mol. The van der Waals surface area contributed by atoms with Gasteiger partial charge >= 0.3 is 0 Å². The highest BCUT2D eigenvalue weighted by atomic mass is 32.2. The van der Waals surface area contributed by atoms with E-state index in [1.807, 2.05) is 31.7 Å². The van der Waals surface area contributed by atoms with E-state index in [4.69, 9.17) is 0 Å². The number of allylic oxidation sites excluding steroid dienone is 4. The fourth-order valence-corrected chi connectivity index (χ4v) is 2.11. The summed E-state index contributed by atoms with van der Waals surface area (Å²) in [5, 5.41) is 0. The molecule has 0 bridgehead atoms. The van der Waals surface area contributed by atoms with Gasteiger partial charge in [0.1, 0.15) is 5.78 Å². The van der Waals surface area contributed by atoms with Crippen LogP contribution in [0.5, 0.6) is 0 Å². The molecule has 1 aromatic carbocycles. The number of hydrogen-bond donors (Lipinski definition) is 0. The number of Topliss-reactive ketones (excluding diaryl/α,β-unsaturated/α-hetero) is 1. The lowest BCUT2D eigenvalue weighted by Gasteiger charge is -2.03. The van der Waals surface area contributed by atoms with E-state index in [9.17, 15) is 9.59 Å². The predicted octanol–water partition coefficient (Wildman–Crippen LogP) is 6.54. The van der Waals surface area contributed by atoms with Crippen LogP contribution >= 0.6 is 11.8 Å². The zero-order valence-corrected chi connectivity index (χ0v) is 17.0. The number of aryl methyl sites for hydroxylation is 1. The molecule has 3 heteroatoms. The number of thioether (sulfide) groups is 1. The van der Waals surface area contributed by atoms with Gasteiger partial charge in [0.15, 0.2) is 5.78 Å². The molecule has 1 aromatic rings. The molecule has 0 saturated carbocycles. The van der Waals surface area contributed by atoms with E-state index in [-0.39, 0.29) is 11.6 Å². The molecule has 1 rings (SSSR count). The van der Waals surface area contributed by atoms with E-state index in [2.05, 4.69) is 51.1 Å². The standard InChI is InChI=1S/C11H14S.C7H12O.C3H6O/c1-4-10(3)12-11-8-6-5-7-9(11)2;1-3-5-6-7(8)4-2;1-3(2)4/h4-8H,1-3H3;5-6H,3-4H2,1-2H3;1-2H3/b10-4-;6-5-;. The Hall–Kier alpha value is -1.61. The molecule has 0 fully saturated rings. The first kappa shape index (κ1) is 24.6. The van der Waals surface area contributed by atoms with Crippen molar-refractivity contribution in [1.82, 2.24) is 0 Å². The predicted molar refractivity (Wildman–Crippen MR) is 108 cm³/mol. The van der Waals surface area contributed by atoms with Gasteiger partial charge in [-0.25, -0.2) is 0 Å². The van der Waals surface area contributed by atoms with Gasteiger partial charge in [-0.2, -0.15) is 0 Å². The molecule has 0 aromatic heterocycles. The Balaban J connectivity index is 0. The number of benzene rings is 1. The van der Waals surface area contributed by atoms with Crippen LogP contribution in [-0.4, -0.2) is 11.6 Å². The molecule has 0 radical (unpaired) electrons. The van der Waals surface area contributed by atoms with Crippen LogP contribution in [0.2, 0.25) is 0 Å². The van der Waals surface area contributed by atoms with Gasteiger partial charge in [0.2, 0.25) is 0 Å². The Morgan fingerprint density at radius 1 is 1.08 bits per heavy atom. The van der Waals surface area contributed by atoms with Crippen LogP contribution in [0.4, 0.5) is 0 Å². The second-order valence-electron chi connectivity index (χ2n) is 5.31. The zero-order chi connectivity index (χ0) is 19.0. The van der Waals surface area contributed by atoms with E-state index in [1.54, 1.807) is 6.08 Å². The largest absolute Gasteiger partial charge is 0.300 e. The van der Waals surface area contributed by atoms with Crippen molar-refractivity contribution in [2.24, 2.45) is 0 Å². The molecule has 2 nitrogen and oxygen atoms in total. The van der Waals surface area contributed by atoms with Gasteiger partial charge in [-0.05, 0) is 63.7 Å². The van der Waals surface area contributed by atoms with Crippen molar-refractivity contribution in [2.45, 2.75) is 66.2 Å². The van der Waals surface area contributed by atoms with Crippen LogP contribution in [0.1, 0.15) is 59.9 Å². The number of carbonyl (C=O) groups is 2. The smallest absolute Gasteiger partial charge is 0.155 e. The van der Waals surface area contributed by atoms with Gasteiger partial charge in [0, 0.05) is 11.3 Å². The van der Waals surface area contributed by atoms with Crippen LogP contribution < -0.4 is 0 Å². The first-order valence-corrected chi connectivity index (χ1v) is 9.12. The number of hydrogen-bond acceptors (Lipinski definition) is 3. The third kappa shape index (κ3) is 16.8. The highest BCUT2D eigenvalue weighted by molar-refractivity contribution is 8.03. The Kier molecular flexibility index (Phi) is 16.7. The highest BCUT2D eigenvalue weighted by Gasteiger charge is 1.97. The molecule has 0 amide bonds. The maximum atomic E-state index is 10.5. The van der Waals surface area contributed by atoms with Crippen molar-refractivity contribution in [3.05, 3.63) is 53.0 Å². The molecule has 0 saturated heterocycles. The molecular formula is C21H32O2S. The van der Waals surface area contributed by atoms with E-state index >= 15 is 0 Å². The summed E-state index contributed by atoms with van der Waals surface area (Å²) >= 11 is 1.83. The first-order chi connectivity index (χ1) is 11.3. The van der Waals surface area contributed by atoms with E-state index in [0.29, 0.717) is 6.42 Å². The normalized spacial score (nSPS) is 10.4. The first-order valence-electron chi connectivity index (χ1n) is 8.31. The summed E-state index contributed by atoms with van der Waals surface area (Å²) in [6, 6.07) is 8.46. The molecule has 0 spiro atoms. The van der Waals surface area contributed by atoms with Crippen LogP contribution in [0.3, 0.4) is 0 Å². The van der Waals surface area contributed by atoms with Gasteiger partial charge in [0.25, 0.3) is 0 Å².